The molecule has 2 aliphatic rings. The Morgan fingerprint density at radius 2 is 1.87 bits per heavy atom. The van der Waals surface area contributed by atoms with E-state index in [1.54, 1.807) is 24.4 Å². The third kappa shape index (κ3) is 5.34. The molecular weight excluding hydrogens is 618 g/mol. The van der Waals surface area contributed by atoms with Crippen LogP contribution in [0.25, 0.3) is 0 Å². The van der Waals surface area contributed by atoms with E-state index in [-0.39, 0.29) is 16.1 Å². The van der Waals surface area contributed by atoms with Crippen LogP contribution in [-0.2, 0) is 26.9 Å². The van der Waals surface area contributed by atoms with E-state index in [1.165, 1.54) is 44.7 Å². The monoisotopic (exact) mass is 655 g/mol. The van der Waals surface area contributed by atoms with Crippen LogP contribution in [0.15, 0.2) is 82.4 Å². The van der Waals surface area contributed by atoms with Crippen LogP contribution in [0.5, 0.6) is 11.5 Å². The number of ether oxygens (including phenoxy) is 2. The fraction of sp³-hybridized carbons (Fsp3) is 0.343. The van der Waals surface area contributed by atoms with Gasteiger partial charge in [-0.1, -0.05) is 13.0 Å². The zero-order chi connectivity index (χ0) is 33.3. The molecule has 0 aliphatic carbocycles. The van der Waals surface area contributed by atoms with Crippen LogP contribution < -0.4 is 13.8 Å². The van der Waals surface area contributed by atoms with Gasteiger partial charge in [-0.3, -0.25) is 9.69 Å². The molecule has 0 N–H and O–H groups in total. The van der Waals surface area contributed by atoms with Gasteiger partial charge in [-0.15, -0.1) is 0 Å². The smallest absolute Gasteiger partial charge is 0.271 e. The maximum atomic E-state index is 15.5. The summed E-state index contributed by atoms with van der Waals surface area (Å²) in [4.78, 5) is 24.1. The van der Waals surface area contributed by atoms with E-state index < -0.39 is 27.5 Å². The van der Waals surface area contributed by atoms with Crippen molar-refractivity contribution in [2.75, 3.05) is 38.7 Å². The summed E-state index contributed by atoms with van der Waals surface area (Å²) in [5, 5.41) is 10.0. The van der Waals surface area contributed by atoms with Crippen molar-refractivity contribution in [3.05, 3.63) is 101 Å². The maximum absolute atomic E-state index is 15.5. The number of benzene rings is 3. The van der Waals surface area contributed by atoms with Crippen LogP contribution in [0.4, 0.5) is 5.69 Å². The van der Waals surface area contributed by atoms with E-state index in [2.05, 4.69) is 22.9 Å². The molecule has 1 fully saturated rings. The van der Waals surface area contributed by atoms with E-state index in [4.69, 9.17) is 13.9 Å². The molecule has 3 aromatic carbocycles. The van der Waals surface area contributed by atoms with Gasteiger partial charge in [-0.25, -0.2) is 17.7 Å². The predicted octanol–water partition coefficient (Wildman–Crippen LogP) is 5.22. The van der Waals surface area contributed by atoms with E-state index in [0.717, 1.165) is 22.8 Å². The molecule has 2 aliphatic heterocycles. The normalized spacial score (nSPS) is 19.6. The first-order valence-corrected chi connectivity index (χ1v) is 16.9. The highest BCUT2D eigenvalue weighted by molar-refractivity contribution is 7.93. The van der Waals surface area contributed by atoms with Gasteiger partial charge in [0, 0.05) is 24.2 Å². The van der Waals surface area contributed by atoms with Gasteiger partial charge in [0.1, 0.15) is 17.8 Å². The average molecular weight is 656 g/mol. The lowest BCUT2D eigenvalue weighted by Gasteiger charge is -2.41. The Balaban J connectivity index is 1.66. The number of carbonyl (C=O) groups excluding carboxylic acids is 1. The highest BCUT2D eigenvalue weighted by Gasteiger charge is 2.62. The van der Waals surface area contributed by atoms with Crippen molar-refractivity contribution in [2.45, 2.75) is 49.2 Å². The van der Waals surface area contributed by atoms with Gasteiger partial charge in [0.15, 0.2) is 5.54 Å². The minimum absolute atomic E-state index is 0.0784. The lowest BCUT2D eigenvalue weighted by Crippen LogP contribution is -2.54. The topological polar surface area (TPSA) is 129 Å². The molecule has 12 heteroatoms. The number of anilines is 1. The molecule has 1 amide bonds. The summed E-state index contributed by atoms with van der Waals surface area (Å²) in [6.45, 7) is 4.00. The van der Waals surface area contributed by atoms with E-state index in [0.29, 0.717) is 54.4 Å². The second-order valence-electron chi connectivity index (χ2n) is 11.8. The summed E-state index contributed by atoms with van der Waals surface area (Å²) < 4.78 is 47.0. The van der Waals surface area contributed by atoms with Crippen molar-refractivity contribution in [3.63, 3.8) is 0 Å². The van der Waals surface area contributed by atoms with Crippen LogP contribution >= 0.6 is 0 Å². The minimum atomic E-state index is -4.45. The van der Waals surface area contributed by atoms with Gasteiger partial charge in [0.2, 0.25) is 5.89 Å². The second-order valence-corrected chi connectivity index (χ2v) is 13.6. The Hall–Kier alpha value is -4.70. The average Bonchev–Trinajstić information content (AvgIpc) is 3.83. The van der Waals surface area contributed by atoms with Gasteiger partial charge in [-0.05, 0) is 93.0 Å². The van der Waals surface area contributed by atoms with Crippen LogP contribution in [0.1, 0.15) is 60.4 Å². The number of amides is 1. The summed E-state index contributed by atoms with van der Waals surface area (Å²) in [6.07, 6.45) is 5.33. The van der Waals surface area contributed by atoms with Crippen molar-refractivity contribution in [3.8, 4) is 17.6 Å². The van der Waals surface area contributed by atoms with Crippen LogP contribution in [0.2, 0.25) is 0 Å². The molecule has 11 nitrogen and oxygen atoms in total. The number of likely N-dealkylation sites (tertiary alicyclic amines) is 1. The molecule has 244 valence electrons. The highest BCUT2D eigenvalue weighted by atomic mass is 32.2. The highest BCUT2D eigenvalue weighted by Crippen LogP contribution is 2.56. The van der Waals surface area contributed by atoms with E-state index in [9.17, 15) is 13.7 Å². The summed E-state index contributed by atoms with van der Waals surface area (Å²) in [7, 11) is 0.601. The number of rotatable bonds is 11. The molecular formula is C35H37N5O6S. The van der Waals surface area contributed by atoms with Gasteiger partial charge < -0.3 is 18.8 Å². The summed E-state index contributed by atoms with van der Waals surface area (Å²) in [6, 6.07) is 18.0. The van der Waals surface area contributed by atoms with Gasteiger partial charge >= 0.3 is 0 Å². The van der Waals surface area contributed by atoms with Gasteiger partial charge in [-0.2, -0.15) is 5.26 Å². The standard InChI is InChI=1S/C35H37N5O6S/c1-5-17-38(2)23-25-9-15-32(45-4)29(21-25)35(39-18-6-7-31(39)33-37-16-19-46-33)28-20-24(22-36)8-14-30(28)40(34(35)41)47(42,43)27-12-10-26(44-3)11-13-27/h8-16,19-21,31H,5-7,17-18,23H2,1-4H3/t31-,35?/m0/s1. The van der Waals surface area contributed by atoms with E-state index in [1.807, 2.05) is 30.1 Å². The molecule has 1 saturated heterocycles. The van der Waals surface area contributed by atoms with Crippen LogP contribution in [0, 0.1) is 11.3 Å². The zero-order valence-corrected chi connectivity index (χ0v) is 27.7. The Bertz CT molecular complexity index is 1920. The van der Waals surface area contributed by atoms with Crippen LogP contribution in [-0.4, -0.2) is 63.5 Å². The van der Waals surface area contributed by atoms with Gasteiger partial charge in [0.25, 0.3) is 15.9 Å². The lowest BCUT2D eigenvalue weighted by atomic mass is 9.79. The van der Waals surface area contributed by atoms with Crippen LogP contribution in [0.3, 0.4) is 0 Å². The van der Waals surface area contributed by atoms with E-state index >= 15 is 4.79 Å². The molecule has 4 aromatic rings. The third-order valence-electron chi connectivity index (χ3n) is 8.96. The quantitative estimate of drug-likeness (QED) is 0.212. The number of nitriles is 1. The number of fused-ring (bicyclic) bond motifs is 1. The fourth-order valence-corrected chi connectivity index (χ4v) is 8.42. The minimum Gasteiger partial charge on any atom is -0.497 e. The summed E-state index contributed by atoms with van der Waals surface area (Å²) in [5.41, 5.74) is 0.504. The molecule has 0 radical (unpaired) electrons. The molecule has 2 atom stereocenters. The van der Waals surface area contributed by atoms with Crippen molar-refractivity contribution in [2.24, 2.45) is 0 Å². The SMILES string of the molecule is CCCN(C)Cc1ccc(OC)c(C2(N3CCC[C@H]3c3ncco3)C(=O)N(S(=O)(=O)c3ccc(OC)cc3)c3ccc(C#N)cc32)c1. The first kappa shape index (κ1) is 32.2. The lowest BCUT2D eigenvalue weighted by molar-refractivity contribution is -0.127. The first-order chi connectivity index (χ1) is 22.7. The molecule has 0 bridgehead atoms. The van der Waals surface area contributed by atoms with Gasteiger partial charge in [0.05, 0.1) is 48.7 Å². The number of aromatic nitrogens is 1. The Morgan fingerprint density at radius 1 is 1.09 bits per heavy atom. The summed E-state index contributed by atoms with van der Waals surface area (Å²) >= 11 is 0. The molecule has 0 saturated carbocycles. The Morgan fingerprint density at radius 3 is 2.53 bits per heavy atom. The third-order valence-corrected chi connectivity index (χ3v) is 10.7. The molecule has 0 spiro atoms. The largest absolute Gasteiger partial charge is 0.497 e. The summed E-state index contributed by atoms with van der Waals surface area (Å²) in [5.74, 6) is 0.608. The second kappa shape index (κ2) is 12.8. The fourth-order valence-electron chi connectivity index (χ4n) is 6.96. The number of methoxy groups -OCH3 is 2. The van der Waals surface area contributed by atoms with Crippen molar-refractivity contribution in [1.29, 1.82) is 5.26 Å². The zero-order valence-electron chi connectivity index (χ0n) is 26.8. The number of hydrogen-bond acceptors (Lipinski definition) is 10. The predicted molar refractivity (Wildman–Crippen MR) is 174 cm³/mol. The molecule has 1 aromatic heterocycles. The van der Waals surface area contributed by atoms with Crippen molar-refractivity contribution in [1.82, 2.24) is 14.8 Å². The number of sulfonamides is 1. The molecule has 47 heavy (non-hydrogen) atoms. The first-order valence-electron chi connectivity index (χ1n) is 15.5. The Labute approximate surface area is 275 Å². The molecule has 6 rings (SSSR count). The Kier molecular flexibility index (Phi) is 8.80. The molecule has 1 unspecified atom stereocenters. The van der Waals surface area contributed by atoms with Crippen molar-refractivity contribution < 1.29 is 27.1 Å². The maximum Gasteiger partial charge on any atom is 0.271 e. The molecule has 3 heterocycles. The van der Waals surface area contributed by atoms with Crippen molar-refractivity contribution >= 4 is 21.6 Å². The number of oxazole rings is 1. The number of nitrogens with zero attached hydrogens (tertiary/aromatic N) is 5. The number of carbonyl (C=O) groups is 1. The number of hydrogen-bond donors (Lipinski definition) is 0.